The van der Waals surface area contributed by atoms with Crippen LogP contribution in [0.15, 0.2) is 29.2 Å². The maximum atomic E-state index is 12.3. The van der Waals surface area contributed by atoms with Gasteiger partial charge in [0.05, 0.1) is 24.7 Å². The zero-order chi connectivity index (χ0) is 18.4. The second-order valence-electron chi connectivity index (χ2n) is 5.43. The molecule has 2 atom stereocenters. The van der Waals surface area contributed by atoms with Gasteiger partial charge in [0.25, 0.3) is 0 Å². The Morgan fingerprint density at radius 1 is 1.38 bits per heavy atom. The van der Waals surface area contributed by atoms with Crippen LogP contribution >= 0.6 is 12.4 Å². The predicted octanol–water partition coefficient (Wildman–Crippen LogP) is -0.125. The van der Waals surface area contributed by atoms with Crippen LogP contribution in [0.3, 0.4) is 0 Å². The van der Waals surface area contributed by atoms with Crippen LogP contribution in [-0.2, 0) is 29.1 Å². The van der Waals surface area contributed by atoms with E-state index in [0.29, 0.717) is 18.8 Å². The van der Waals surface area contributed by atoms with Gasteiger partial charge in [-0.3, -0.25) is 9.59 Å². The summed E-state index contributed by atoms with van der Waals surface area (Å²) in [5.74, 6) is -1.02. The molecule has 1 aliphatic heterocycles. The van der Waals surface area contributed by atoms with Crippen molar-refractivity contribution in [3.05, 3.63) is 24.3 Å². The van der Waals surface area contributed by atoms with Crippen molar-refractivity contribution in [2.45, 2.75) is 24.0 Å². The summed E-state index contributed by atoms with van der Waals surface area (Å²) in [7, 11) is -2.74. The van der Waals surface area contributed by atoms with Crippen LogP contribution in [0.1, 0.15) is 6.92 Å². The summed E-state index contributed by atoms with van der Waals surface area (Å²) in [5, 5.41) is 5.72. The summed E-state index contributed by atoms with van der Waals surface area (Å²) in [4.78, 5) is 23.3. The molecule has 1 amide bonds. The number of benzene rings is 1. The normalized spacial score (nSPS) is 19.9. The molecule has 1 aliphatic rings. The van der Waals surface area contributed by atoms with Gasteiger partial charge in [0, 0.05) is 12.2 Å². The number of hydrogen-bond donors (Lipinski definition) is 3. The largest absolute Gasteiger partial charge is 0.468 e. The van der Waals surface area contributed by atoms with Crippen LogP contribution < -0.4 is 15.4 Å². The fraction of sp³-hybridized carbons (Fsp3) is 0.467. The van der Waals surface area contributed by atoms with Crippen LogP contribution in [0.2, 0.25) is 0 Å². The Bertz CT molecular complexity index is 743. The van der Waals surface area contributed by atoms with E-state index < -0.39 is 28.6 Å². The second kappa shape index (κ2) is 9.83. The van der Waals surface area contributed by atoms with E-state index in [1.165, 1.54) is 18.2 Å². The van der Waals surface area contributed by atoms with Gasteiger partial charge >= 0.3 is 5.97 Å². The molecule has 1 fully saturated rings. The molecular weight excluding hydrogens is 386 g/mol. The molecule has 11 heteroatoms. The molecule has 26 heavy (non-hydrogen) atoms. The summed E-state index contributed by atoms with van der Waals surface area (Å²) in [6, 6.07) is 5.22. The lowest BCUT2D eigenvalue weighted by Crippen LogP contribution is -2.53. The number of ether oxygens (including phenoxy) is 2. The Labute approximate surface area is 158 Å². The fourth-order valence-corrected chi connectivity index (χ4v) is 3.31. The molecule has 0 bridgehead atoms. The van der Waals surface area contributed by atoms with E-state index in [-0.39, 0.29) is 29.3 Å². The highest BCUT2D eigenvalue weighted by Gasteiger charge is 2.28. The van der Waals surface area contributed by atoms with Gasteiger partial charge in [-0.15, -0.1) is 12.4 Å². The van der Waals surface area contributed by atoms with Crippen LogP contribution in [0.5, 0.6) is 0 Å². The molecule has 146 valence electrons. The number of rotatable bonds is 6. The number of morpholine rings is 1. The van der Waals surface area contributed by atoms with Crippen molar-refractivity contribution in [1.29, 1.82) is 0 Å². The van der Waals surface area contributed by atoms with E-state index in [1.54, 1.807) is 13.0 Å². The van der Waals surface area contributed by atoms with E-state index in [2.05, 4.69) is 20.1 Å². The standard InChI is InChI=1S/C15H21N3O6S.ClH/c1-10-14(16-6-7-24-10)15(20)18-11-4-3-5-12(8-11)25(21,22)17-9-13(19)23-2;/h3-5,8,10,14,16-17H,6-7,9H2,1-2H3,(H,18,20);1H/t10-,14+;/m1./s1. The van der Waals surface area contributed by atoms with Crippen molar-refractivity contribution in [3.8, 4) is 0 Å². The van der Waals surface area contributed by atoms with Gasteiger partial charge < -0.3 is 20.1 Å². The zero-order valence-corrected chi connectivity index (χ0v) is 16.0. The molecule has 1 aromatic carbocycles. The number of nitrogens with one attached hydrogen (secondary N) is 3. The SMILES string of the molecule is COC(=O)CNS(=O)(=O)c1cccc(NC(=O)[C@H]2NCCO[C@@H]2C)c1.Cl. The Morgan fingerprint density at radius 2 is 2.12 bits per heavy atom. The van der Waals surface area contributed by atoms with Crippen LogP contribution in [0.25, 0.3) is 0 Å². The summed E-state index contributed by atoms with van der Waals surface area (Å²) >= 11 is 0. The van der Waals surface area contributed by atoms with Crippen molar-refractivity contribution in [2.75, 3.05) is 32.1 Å². The van der Waals surface area contributed by atoms with Gasteiger partial charge in [-0.2, -0.15) is 4.72 Å². The van der Waals surface area contributed by atoms with Gasteiger partial charge in [-0.05, 0) is 25.1 Å². The number of hydrogen-bond acceptors (Lipinski definition) is 7. The minimum atomic E-state index is -3.90. The lowest BCUT2D eigenvalue weighted by atomic mass is 10.1. The van der Waals surface area contributed by atoms with Gasteiger partial charge in [0.15, 0.2) is 0 Å². The summed E-state index contributed by atoms with van der Waals surface area (Å²) in [6.45, 7) is 2.41. The van der Waals surface area contributed by atoms with E-state index in [4.69, 9.17) is 4.74 Å². The number of anilines is 1. The number of methoxy groups -OCH3 is 1. The van der Waals surface area contributed by atoms with Crippen molar-refractivity contribution in [3.63, 3.8) is 0 Å². The zero-order valence-electron chi connectivity index (χ0n) is 14.4. The fourth-order valence-electron chi connectivity index (χ4n) is 2.30. The minimum absolute atomic E-state index is 0. The Kier molecular flexibility index (Phi) is 8.44. The number of amides is 1. The summed E-state index contributed by atoms with van der Waals surface area (Å²) in [5.41, 5.74) is 0.325. The lowest BCUT2D eigenvalue weighted by molar-refractivity contribution is -0.139. The van der Waals surface area contributed by atoms with E-state index in [9.17, 15) is 18.0 Å². The number of halogens is 1. The number of carbonyl (C=O) groups excluding carboxylic acids is 2. The quantitative estimate of drug-likeness (QED) is 0.561. The topological polar surface area (TPSA) is 123 Å². The third-order valence-electron chi connectivity index (χ3n) is 3.65. The Morgan fingerprint density at radius 3 is 2.77 bits per heavy atom. The highest BCUT2D eigenvalue weighted by molar-refractivity contribution is 7.89. The van der Waals surface area contributed by atoms with E-state index in [1.807, 2.05) is 0 Å². The monoisotopic (exact) mass is 407 g/mol. The van der Waals surface area contributed by atoms with Crippen molar-refractivity contribution >= 4 is 40.0 Å². The van der Waals surface area contributed by atoms with E-state index in [0.717, 1.165) is 7.11 Å². The first-order chi connectivity index (χ1) is 11.8. The first-order valence-electron chi connectivity index (χ1n) is 7.66. The molecular formula is C15H22ClN3O6S. The molecule has 2 rings (SSSR count). The maximum absolute atomic E-state index is 12.3. The molecule has 0 unspecified atom stereocenters. The van der Waals surface area contributed by atoms with Crippen LogP contribution in [-0.4, -0.2) is 59.2 Å². The Hall–Kier alpha value is -1.72. The summed E-state index contributed by atoms with van der Waals surface area (Å²) in [6.07, 6.45) is -0.289. The lowest BCUT2D eigenvalue weighted by Gasteiger charge is -2.29. The van der Waals surface area contributed by atoms with Crippen molar-refractivity contribution in [2.24, 2.45) is 0 Å². The molecule has 0 radical (unpaired) electrons. The molecule has 1 aromatic rings. The molecule has 0 saturated carbocycles. The first-order valence-corrected chi connectivity index (χ1v) is 9.14. The Balaban J connectivity index is 0.00000338. The number of esters is 1. The van der Waals surface area contributed by atoms with Gasteiger partial charge in [-0.1, -0.05) is 6.07 Å². The van der Waals surface area contributed by atoms with E-state index >= 15 is 0 Å². The first kappa shape index (κ1) is 22.3. The van der Waals surface area contributed by atoms with Crippen LogP contribution in [0.4, 0.5) is 5.69 Å². The average Bonchev–Trinajstić information content (AvgIpc) is 2.60. The van der Waals surface area contributed by atoms with Crippen molar-refractivity contribution in [1.82, 2.24) is 10.0 Å². The molecule has 1 heterocycles. The predicted molar refractivity (Wildman–Crippen MR) is 96.7 cm³/mol. The third-order valence-corrected chi connectivity index (χ3v) is 5.04. The molecule has 9 nitrogen and oxygen atoms in total. The average molecular weight is 408 g/mol. The molecule has 1 saturated heterocycles. The highest BCUT2D eigenvalue weighted by Crippen LogP contribution is 2.16. The maximum Gasteiger partial charge on any atom is 0.320 e. The molecule has 3 N–H and O–H groups in total. The van der Waals surface area contributed by atoms with Crippen LogP contribution in [0, 0.1) is 0 Å². The minimum Gasteiger partial charge on any atom is -0.468 e. The number of sulfonamides is 1. The third kappa shape index (κ3) is 5.92. The molecule has 0 aliphatic carbocycles. The molecule has 0 spiro atoms. The smallest absolute Gasteiger partial charge is 0.320 e. The van der Waals surface area contributed by atoms with Crippen molar-refractivity contribution < 1.29 is 27.5 Å². The highest BCUT2D eigenvalue weighted by atomic mass is 35.5. The van der Waals surface area contributed by atoms with Gasteiger partial charge in [0.1, 0.15) is 12.6 Å². The second-order valence-corrected chi connectivity index (χ2v) is 7.19. The van der Waals surface area contributed by atoms with Gasteiger partial charge in [0.2, 0.25) is 15.9 Å². The van der Waals surface area contributed by atoms with Gasteiger partial charge in [-0.25, -0.2) is 8.42 Å². The molecule has 0 aromatic heterocycles. The number of carbonyl (C=O) groups is 2. The summed E-state index contributed by atoms with van der Waals surface area (Å²) < 4.78 is 36.3.